The molecule has 0 saturated carbocycles. The monoisotopic (exact) mass is 331 g/mol. The lowest BCUT2D eigenvalue weighted by molar-refractivity contribution is -0.125. The van der Waals surface area contributed by atoms with Crippen molar-refractivity contribution in [2.75, 3.05) is 0 Å². The molecule has 0 bridgehead atoms. The Kier molecular flexibility index (Phi) is 3.91. The predicted octanol–water partition coefficient (Wildman–Crippen LogP) is 2.04. The second-order valence-electron chi connectivity index (χ2n) is 5.78. The van der Waals surface area contributed by atoms with E-state index in [1.807, 2.05) is 0 Å². The average molecular weight is 331 g/mol. The zero-order chi connectivity index (χ0) is 16.6. The van der Waals surface area contributed by atoms with Crippen molar-refractivity contribution in [1.29, 1.82) is 0 Å². The topological polar surface area (TPSA) is 95.1 Å². The lowest BCUT2D eigenvalue weighted by Crippen LogP contribution is -2.29. The van der Waals surface area contributed by atoms with Gasteiger partial charge in [-0.05, 0) is 19.4 Å². The van der Waals surface area contributed by atoms with Gasteiger partial charge in [-0.15, -0.1) is 0 Å². The van der Waals surface area contributed by atoms with Crippen molar-refractivity contribution in [3.63, 3.8) is 0 Å². The summed E-state index contributed by atoms with van der Waals surface area (Å²) in [5, 5.41) is 6.59. The summed E-state index contributed by atoms with van der Waals surface area (Å²) in [7, 11) is 0. The van der Waals surface area contributed by atoms with Gasteiger partial charge in [-0.3, -0.25) is 14.1 Å². The van der Waals surface area contributed by atoms with Gasteiger partial charge in [0.15, 0.2) is 5.60 Å². The van der Waals surface area contributed by atoms with Crippen molar-refractivity contribution in [3.05, 3.63) is 53.3 Å². The number of ketones is 1. The first-order valence-electron chi connectivity index (χ1n) is 7.01. The number of carbonyl (C=O) groups excluding carboxylic acids is 1. The van der Waals surface area contributed by atoms with Crippen LogP contribution in [0.25, 0.3) is 11.3 Å². The van der Waals surface area contributed by atoms with Crippen LogP contribution in [0, 0.1) is 0 Å². The van der Waals surface area contributed by atoms with E-state index in [2.05, 4.69) is 10.2 Å². The van der Waals surface area contributed by atoms with Gasteiger partial charge in [0.05, 0.1) is 11.8 Å². The molecule has 0 saturated heterocycles. The number of carbonyl (C=O) groups is 1. The molecule has 120 valence electrons. The van der Waals surface area contributed by atoms with Crippen LogP contribution in [0.3, 0.4) is 0 Å². The number of nitrogens with one attached hydrogen (secondary N) is 1. The summed E-state index contributed by atoms with van der Waals surface area (Å²) in [5.41, 5.74) is 1.60. The van der Waals surface area contributed by atoms with Crippen molar-refractivity contribution in [2.24, 2.45) is 0 Å². The van der Waals surface area contributed by atoms with Crippen LogP contribution in [0.1, 0.15) is 30.5 Å². The van der Waals surface area contributed by atoms with E-state index in [9.17, 15) is 13.6 Å². The SMILES string of the molecule is CC1(C)OC(c2ccc(CS(=O)[O-])cc2)=C(c2cn[nH]c2)C1=O. The van der Waals surface area contributed by atoms with Gasteiger partial charge in [-0.25, -0.2) is 0 Å². The first-order chi connectivity index (χ1) is 10.9. The van der Waals surface area contributed by atoms with Gasteiger partial charge < -0.3 is 9.29 Å². The molecule has 6 nitrogen and oxygen atoms in total. The van der Waals surface area contributed by atoms with Crippen LogP contribution >= 0.6 is 0 Å². The maximum Gasteiger partial charge on any atom is 0.210 e. The number of H-pyrrole nitrogens is 1. The van der Waals surface area contributed by atoms with Crippen molar-refractivity contribution in [1.82, 2.24) is 10.2 Å². The van der Waals surface area contributed by atoms with E-state index in [-0.39, 0.29) is 11.5 Å². The predicted molar refractivity (Wildman–Crippen MR) is 84.6 cm³/mol. The molecular formula is C16H15N2O4S-. The summed E-state index contributed by atoms with van der Waals surface area (Å²) in [6.07, 6.45) is 3.22. The minimum atomic E-state index is -2.13. The molecule has 23 heavy (non-hydrogen) atoms. The molecule has 1 aromatic carbocycles. The molecule has 1 aliphatic heterocycles. The van der Waals surface area contributed by atoms with E-state index in [0.29, 0.717) is 22.5 Å². The maximum atomic E-state index is 12.6. The van der Waals surface area contributed by atoms with Gasteiger partial charge >= 0.3 is 0 Å². The van der Waals surface area contributed by atoms with Crippen LogP contribution in [0.4, 0.5) is 0 Å². The number of hydrogen-bond acceptors (Lipinski definition) is 5. The zero-order valence-corrected chi connectivity index (χ0v) is 13.5. The molecular weight excluding hydrogens is 316 g/mol. The number of Topliss-reactive ketones (excluding diaryl/α,β-unsaturated/α-hetero) is 1. The molecule has 0 amide bonds. The second kappa shape index (κ2) is 5.75. The van der Waals surface area contributed by atoms with Crippen LogP contribution in [-0.4, -0.2) is 30.3 Å². The fourth-order valence-corrected chi connectivity index (χ4v) is 2.96. The Hall–Kier alpha value is -2.25. The molecule has 0 aliphatic carbocycles. The Labute approximate surface area is 135 Å². The number of aromatic amines is 1. The molecule has 7 heteroatoms. The van der Waals surface area contributed by atoms with Gasteiger partial charge in [0.2, 0.25) is 5.78 Å². The number of benzene rings is 1. The molecule has 1 unspecified atom stereocenters. The van der Waals surface area contributed by atoms with Gasteiger partial charge in [-0.1, -0.05) is 35.3 Å². The number of hydrogen-bond donors (Lipinski definition) is 1. The highest BCUT2D eigenvalue weighted by Crippen LogP contribution is 2.40. The summed E-state index contributed by atoms with van der Waals surface area (Å²) < 4.78 is 27.4. The maximum absolute atomic E-state index is 12.6. The third-order valence-electron chi connectivity index (χ3n) is 3.65. The van der Waals surface area contributed by atoms with Crippen molar-refractivity contribution < 1.29 is 18.3 Å². The molecule has 3 rings (SSSR count). The van der Waals surface area contributed by atoms with Crippen molar-refractivity contribution in [3.8, 4) is 0 Å². The third kappa shape index (κ3) is 2.97. The van der Waals surface area contributed by atoms with Gasteiger partial charge in [0.25, 0.3) is 0 Å². The number of ether oxygens (including phenoxy) is 1. The first kappa shape index (κ1) is 15.6. The molecule has 1 aliphatic rings. The summed E-state index contributed by atoms with van der Waals surface area (Å²) in [5.74, 6) is 0.328. The highest BCUT2D eigenvalue weighted by Gasteiger charge is 2.43. The smallest absolute Gasteiger partial charge is 0.210 e. The summed E-state index contributed by atoms with van der Waals surface area (Å²) in [4.78, 5) is 12.6. The second-order valence-corrected chi connectivity index (χ2v) is 6.67. The quantitative estimate of drug-likeness (QED) is 0.865. The fraction of sp³-hybridized carbons (Fsp3) is 0.250. The lowest BCUT2D eigenvalue weighted by Gasteiger charge is -2.18. The molecule has 1 aromatic heterocycles. The van der Waals surface area contributed by atoms with Crippen molar-refractivity contribution >= 4 is 28.2 Å². The minimum Gasteiger partial charge on any atom is -0.772 e. The van der Waals surface area contributed by atoms with Crippen LogP contribution in [-0.2, 0) is 26.4 Å². The number of nitrogens with zero attached hydrogens (tertiary/aromatic N) is 1. The third-order valence-corrected chi connectivity index (χ3v) is 4.21. The van der Waals surface area contributed by atoms with Crippen LogP contribution in [0.15, 0.2) is 36.7 Å². The molecule has 2 heterocycles. The lowest BCUT2D eigenvalue weighted by atomic mass is 9.94. The Morgan fingerprint density at radius 3 is 2.52 bits per heavy atom. The van der Waals surface area contributed by atoms with E-state index < -0.39 is 16.7 Å². The standard InChI is InChI=1S/C16H16N2O4S/c1-16(2)15(19)13(12-7-17-18-8-12)14(22-16)11-5-3-10(4-6-11)9-23(20)21/h3-8H,9H2,1-2H3,(H,17,18)(H,20,21)/p-1. The summed E-state index contributed by atoms with van der Waals surface area (Å²) in [6, 6.07) is 6.94. The minimum absolute atomic E-state index is 0.0425. The largest absolute Gasteiger partial charge is 0.772 e. The summed E-state index contributed by atoms with van der Waals surface area (Å²) in [6.45, 7) is 3.44. The van der Waals surface area contributed by atoms with Gasteiger partial charge in [0.1, 0.15) is 5.76 Å². The van der Waals surface area contributed by atoms with Gasteiger partial charge in [0, 0.05) is 23.1 Å². The van der Waals surface area contributed by atoms with E-state index >= 15 is 0 Å². The van der Waals surface area contributed by atoms with E-state index in [0.717, 1.165) is 5.56 Å². The Bertz CT molecular complexity index is 792. The molecule has 0 spiro atoms. The number of aromatic nitrogens is 2. The molecule has 0 fully saturated rings. The fourth-order valence-electron chi connectivity index (χ4n) is 2.50. The highest BCUT2D eigenvalue weighted by atomic mass is 32.2. The molecule has 0 radical (unpaired) electrons. The van der Waals surface area contributed by atoms with Crippen LogP contribution in [0.5, 0.6) is 0 Å². The van der Waals surface area contributed by atoms with Crippen LogP contribution in [0.2, 0.25) is 0 Å². The highest BCUT2D eigenvalue weighted by molar-refractivity contribution is 7.78. The van der Waals surface area contributed by atoms with Crippen LogP contribution < -0.4 is 0 Å². The zero-order valence-electron chi connectivity index (χ0n) is 12.7. The molecule has 1 N–H and O–H groups in total. The Morgan fingerprint density at radius 2 is 1.96 bits per heavy atom. The van der Waals surface area contributed by atoms with Gasteiger partial charge in [-0.2, -0.15) is 5.10 Å². The first-order valence-corrected chi connectivity index (χ1v) is 8.25. The average Bonchev–Trinajstić information content (AvgIpc) is 3.07. The number of rotatable bonds is 4. The normalized spacial score (nSPS) is 18.1. The van der Waals surface area contributed by atoms with E-state index in [4.69, 9.17) is 4.74 Å². The van der Waals surface area contributed by atoms with Crippen molar-refractivity contribution in [2.45, 2.75) is 25.2 Å². The Morgan fingerprint density at radius 1 is 1.26 bits per heavy atom. The Balaban J connectivity index is 2.04. The molecule has 2 aromatic rings. The molecule has 1 atom stereocenters. The summed E-state index contributed by atoms with van der Waals surface area (Å²) >= 11 is -2.13. The van der Waals surface area contributed by atoms with E-state index in [1.165, 1.54) is 0 Å². The van der Waals surface area contributed by atoms with E-state index in [1.54, 1.807) is 50.5 Å².